The first-order chi connectivity index (χ1) is 11.2. The molecule has 0 saturated carbocycles. The molecule has 2 heterocycles. The molecule has 2 aromatic carbocycles. The molecule has 1 aliphatic rings. The van der Waals surface area contributed by atoms with Crippen molar-refractivity contribution in [2.45, 2.75) is 13.5 Å². The zero-order chi connectivity index (χ0) is 16.0. The molecule has 0 unspecified atom stereocenters. The third-order valence-corrected chi connectivity index (χ3v) is 4.26. The molecule has 1 amide bonds. The molecule has 5 heteroatoms. The number of nitrogens with zero attached hydrogens (tertiary/aromatic N) is 4. The molecule has 1 aromatic heterocycles. The van der Waals surface area contributed by atoms with Crippen LogP contribution in [0.1, 0.15) is 12.5 Å². The zero-order valence-electron chi connectivity index (χ0n) is 13.0. The van der Waals surface area contributed by atoms with E-state index in [9.17, 15) is 4.79 Å². The third-order valence-electron chi connectivity index (χ3n) is 4.26. The number of aryl methyl sites for hydroxylation is 1. The molecule has 0 atom stereocenters. The number of para-hydroxylation sites is 1. The van der Waals surface area contributed by atoms with Crippen molar-refractivity contribution in [3.05, 3.63) is 54.1 Å². The van der Waals surface area contributed by atoms with Gasteiger partial charge in [-0.2, -0.15) is 0 Å². The Hall–Kier alpha value is -2.95. The fourth-order valence-electron chi connectivity index (χ4n) is 3.18. The van der Waals surface area contributed by atoms with Gasteiger partial charge in [0.2, 0.25) is 5.91 Å². The van der Waals surface area contributed by atoms with Crippen LogP contribution in [0.25, 0.3) is 22.5 Å². The first-order valence-corrected chi connectivity index (χ1v) is 7.52. The standard InChI is InChI=1S/C18H16N4O/c1-12(23)22-11-13-7-3-4-8-14(13)18-17(19-20-21(18)2)15-9-5-6-10-16(15)22/h3-10H,11H2,1-2H3. The molecule has 23 heavy (non-hydrogen) atoms. The number of amides is 1. The molecular formula is C18H16N4O. The second-order valence-electron chi connectivity index (χ2n) is 5.69. The number of hydrogen-bond acceptors (Lipinski definition) is 3. The molecule has 1 aliphatic heterocycles. The summed E-state index contributed by atoms with van der Waals surface area (Å²) < 4.78 is 1.80. The lowest BCUT2D eigenvalue weighted by Gasteiger charge is -2.27. The van der Waals surface area contributed by atoms with Crippen molar-refractivity contribution in [3.63, 3.8) is 0 Å². The van der Waals surface area contributed by atoms with Crippen LogP contribution in [0.5, 0.6) is 0 Å². The number of carbonyl (C=O) groups excluding carboxylic acids is 1. The SMILES string of the molecule is CC(=O)N1Cc2ccccc2-c2c(nnn2C)-c2ccccc21. The Morgan fingerprint density at radius 1 is 1.04 bits per heavy atom. The fraction of sp³-hybridized carbons (Fsp3) is 0.167. The Morgan fingerprint density at radius 3 is 2.52 bits per heavy atom. The van der Waals surface area contributed by atoms with Crippen LogP contribution in [0.2, 0.25) is 0 Å². The highest BCUT2D eigenvalue weighted by Crippen LogP contribution is 2.40. The lowest BCUT2D eigenvalue weighted by Crippen LogP contribution is -2.29. The molecule has 114 valence electrons. The minimum absolute atomic E-state index is 0.0135. The average Bonchev–Trinajstić information content (AvgIpc) is 2.92. The van der Waals surface area contributed by atoms with Crippen LogP contribution in [0.15, 0.2) is 48.5 Å². The fourth-order valence-corrected chi connectivity index (χ4v) is 3.18. The van der Waals surface area contributed by atoms with Gasteiger partial charge in [-0.05, 0) is 11.6 Å². The quantitative estimate of drug-likeness (QED) is 0.641. The van der Waals surface area contributed by atoms with Crippen molar-refractivity contribution in [2.24, 2.45) is 7.05 Å². The maximum absolute atomic E-state index is 12.2. The molecule has 0 saturated heterocycles. The van der Waals surface area contributed by atoms with Crippen LogP contribution in [0, 0.1) is 0 Å². The monoisotopic (exact) mass is 304 g/mol. The first kappa shape index (κ1) is 13.7. The van der Waals surface area contributed by atoms with Crippen LogP contribution in [-0.2, 0) is 18.4 Å². The van der Waals surface area contributed by atoms with Gasteiger partial charge in [0.1, 0.15) is 5.69 Å². The molecule has 0 bridgehead atoms. The molecule has 4 rings (SSSR count). The van der Waals surface area contributed by atoms with Crippen molar-refractivity contribution in [1.29, 1.82) is 0 Å². The Bertz CT molecular complexity index is 913. The summed E-state index contributed by atoms with van der Waals surface area (Å²) in [6.07, 6.45) is 0. The van der Waals surface area contributed by atoms with Crippen molar-refractivity contribution in [2.75, 3.05) is 4.90 Å². The number of benzene rings is 2. The Labute approximate surface area is 134 Å². The van der Waals surface area contributed by atoms with E-state index in [0.717, 1.165) is 33.8 Å². The Balaban J connectivity index is 2.10. The minimum atomic E-state index is 0.0135. The number of anilines is 1. The Morgan fingerprint density at radius 2 is 1.74 bits per heavy atom. The lowest BCUT2D eigenvalue weighted by atomic mass is 9.95. The predicted molar refractivity (Wildman–Crippen MR) is 88.7 cm³/mol. The second kappa shape index (κ2) is 5.05. The van der Waals surface area contributed by atoms with E-state index in [1.54, 1.807) is 16.5 Å². The van der Waals surface area contributed by atoms with E-state index in [4.69, 9.17) is 0 Å². The summed E-state index contributed by atoms with van der Waals surface area (Å²) in [7, 11) is 1.90. The van der Waals surface area contributed by atoms with Gasteiger partial charge in [0.05, 0.1) is 17.9 Å². The number of aromatic nitrogens is 3. The van der Waals surface area contributed by atoms with E-state index in [-0.39, 0.29) is 5.91 Å². The van der Waals surface area contributed by atoms with E-state index in [2.05, 4.69) is 22.4 Å². The van der Waals surface area contributed by atoms with Crippen LogP contribution in [0.4, 0.5) is 5.69 Å². The van der Waals surface area contributed by atoms with Gasteiger partial charge in [-0.15, -0.1) is 5.10 Å². The summed E-state index contributed by atoms with van der Waals surface area (Å²) in [5, 5.41) is 8.58. The van der Waals surface area contributed by atoms with Crippen LogP contribution in [-0.4, -0.2) is 20.9 Å². The van der Waals surface area contributed by atoms with Gasteiger partial charge in [-0.1, -0.05) is 47.7 Å². The second-order valence-corrected chi connectivity index (χ2v) is 5.69. The number of hydrogen-bond donors (Lipinski definition) is 0. The van der Waals surface area contributed by atoms with Gasteiger partial charge in [0.25, 0.3) is 0 Å². The van der Waals surface area contributed by atoms with Crippen LogP contribution >= 0.6 is 0 Å². The summed E-state index contributed by atoms with van der Waals surface area (Å²) in [6, 6.07) is 16.0. The van der Waals surface area contributed by atoms with Gasteiger partial charge in [-0.25, -0.2) is 4.68 Å². The van der Waals surface area contributed by atoms with E-state index in [1.807, 2.05) is 43.4 Å². The summed E-state index contributed by atoms with van der Waals surface area (Å²) >= 11 is 0. The molecule has 5 nitrogen and oxygen atoms in total. The van der Waals surface area contributed by atoms with Crippen molar-refractivity contribution < 1.29 is 4.79 Å². The summed E-state index contributed by atoms with van der Waals surface area (Å²) in [6.45, 7) is 2.13. The van der Waals surface area contributed by atoms with Crippen LogP contribution in [0.3, 0.4) is 0 Å². The van der Waals surface area contributed by atoms with Gasteiger partial charge in [-0.3, -0.25) is 4.79 Å². The lowest BCUT2D eigenvalue weighted by molar-refractivity contribution is -0.116. The maximum atomic E-state index is 12.2. The Kier molecular flexibility index (Phi) is 3.01. The van der Waals surface area contributed by atoms with E-state index >= 15 is 0 Å². The molecule has 0 aliphatic carbocycles. The molecule has 0 fully saturated rings. The van der Waals surface area contributed by atoms with Gasteiger partial charge < -0.3 is 4.90 Å². The average molecular weight is 304 g/mol. The minimum Gasteiger partial charge on any atom is -0.308 e. The third kappa shape index (κ3) is 2.04. The normalized spacial score (nSPS) is 12.7. The summed E-state index contributed by atoms with van der Waals surface area (Å²) in [4.78, 5) is 14.0. The smallest absolute Gasteiger partial charge is 0.224 e. The van der Waals surface area contributed by atoms with Gasteiger partial charge in [0, 0.05) is 25.1 Å². The van der Waals surface area contributed by atoms with Gasteiger partial charge >= 0.3 is 0 Å². The topological polar surface area (TPSA) is 51.0 Å². The molecule has 0 N–H and O–H groups in total. The number of fused-ring (bicyclic) bond motifs is 5. The van der Waals surface area contributed by atoms with E-state index < -0.39 is 0 Å². The van der Waals surface area contributed by atoms with Crippen molar-refractivity contribution in [1.82, 2.24) is 15.0 Å². The predicted octanol–water partition coefficient (Wildman–Crippen LogP) is 3.02. The highest BCUT2D eigenvalue weighted by molar-refractivity contribution is 5.99. The molecule has 0 radical (unpaired) electrons. The molecule has 3 aromatic rings. The van der Waals surface area contributed by atoms with E-state index in [1.165, 1.54) is 0 Å². The summed E-state index contributed by atoms with van der Waals surface area (Å²) in [5.74, 6) is 0.0135. The first-order valence-electron chi connectivity index (χ1n) is 7.52. The highest BCUT2D eigenvalue weighted by Gasteiger charge is 2.26. The summed E-state index contributed by atoms with van der Waals surface area (Å²) in [5.41, 5.74) is 5.74. The maximum Gasteiger partial charge on any atom is 0.224 e. The van der Waals surface area contributed by atoms with Crippen molar-refractivity contribution >= 4 is 11.6 Å². The molecular weight excluding hydrogens is 288 g/mol. The molecule has 0 spiro atoms. The van der Waals surface area contributed by atoms with Crippen molar-refractivity contribution in [3.8, 4) is 22.5 Å². The number of carbonyl (C=O) groups is 1. The van der Waals surface area contributed by atoms with Crippen LogP contribution < -0.4 is 4.90 Å². The van der Waals surface area contributed by atoms with E-state index in [0.29, 0.717) is 6.54 Å². The zero-order valence-corrected chi connectivity index (χ0v) is 13.0. The number of rotatable bonds is 0. The van der Waals surface area contributed by atoms with Gasteiger partial charge in [0.15, 0.2) is 0 Å². The largest absolute Gasteiger partial charge is 0.308 e. The highest BCUT2D eigenvalue weighted by atomic mass is 16.2.